The van der Waals surface area contributed by atoms with Crippen molar-refractivity contribution in [3.8, 4) is 5.75 Å². The van der Waals surface area contributed by atoms with Crippen molar-refractivity contribution in [3.63, 3.8) is 0 Å². The van der Waals surface area contributed by atoms with Gasteiger partial charge in [0.1, 0.15) is 5.75 Å². The Balaban J connectivity index is 1.30. The van der Waals surface area contributed by atoms with Crippen LogP contribution in [-0.4, -0.2) is 18.4 Å². The van der Waals surface area contributed by atoms with Gasteiger partial charge in [-0.2, -0.15) is 0 Å². The first-order valence-electron chi connectivity index (χ1n) is 9.87. The largest absolute Gasteiger partial charge is 0.484 e. The predicted molar refractivity (Wildman–Crippen MR) is 124 cm³/mol. The standard InChI is InChI=1S/C25H20N2O4S/c28-24(27-21-9-4-5-11-23(21)32-20-7-2-1-3-8-20)17-31-19-14-12-18(13-15-19)26-25(29)22-10-6-16-30-22/h1-16H,17H2,(H,26,29)(H,27,28). The van der Waals surface area contributed by atoms with Gasteiger partial charge in [0, 0.05) is 15.5 Å². The Kier molecular flexibility index (Phi) is 6.89. The molecule has 0 unspecified atom stereocenters. The SMILES string of the molecule is O=C(COc1ccc(NC(=O)c2ccco2)cc1)Nc1ccccc1Sc1ccccc1. The fourth-order valence-corrected chi connectivity index (χ4v) is 3.77. The number of benzene rings is 3. The molecule has 0 aliphatic rings. The molecule has 3 aromatic carbocycles. The highest BCUT2D eigenvalue weighted by atomic mass is 32.2. The molecule has 0 aliphatic carbocycles. The van der Waals surface area contributed by atoms with Crippen LogP contribution in [0.15, 0.2) is 111 Å². The zero-order valence-electron chi connectivity index (χ0n) is 17.0. The van der Waals surface area contributed by atoms with Crippen molar-refractivity contribution in [1.29, 1.82) is 0 Å². The highest BCUT2D eigenvalue weighted by Crippen LogP contribution is 2.33. The van der Waals surface area contributed by atoms with Crippen LogP contribution < -0.4 is 15.4 Å². The number of hydrogen-bond donors (Lipinski definition) is 2. The lowest BCUT2D eigenvalue weighted by molar-refractivity contribution is -0.118. The van der Waals surface area contributed by atoms with E-state index in [1.165, 1.54) is 6.26 Å². The van der Waals surface area contributed by atoms with E-state index in [2.05, 4.69) is 10.6 Å². The third kappa shape index (κ3) is 5.80. The number of nitrogens with one attached hydrogen (secondary N) is 2. The molecule has 0 aliphatic heterocycles. The molecule has 2 N–H and O–H groups in total. The second-order valence-corrected chi connectivity index (χ2v) is 7.82. The number of amides is 2. The maximum Gasteiger partial charge on any atom is 0.291 e. The summed E-state index contributed by atoms with van der Waals surface area (Å²) in [7, 11) is 0. The van der Waals surface area contributed by atoms with E-state index in [1.54, 1.807) is 48.2 Å². The summed E-state index contributed by atoms with van der Waals surface area (Å²) in [6.45, 7) is -0.136. The molecule has 0 fully saturated rings. The maximum absolute atomic E-state index is 12.4. The Bertz CT molecular complexity index is 1180. The topological polar surface area (TPSA) is 80.6 Å². The van der Waals surface area contributed by atoms with Crippen LogP contribution in [0.1, 0.15) is 10.6 Å². The minimum absolute atomic E-state index is 0.136. The zero-order chi connectivity index (χ0) is 22.2. The van der Waals surface area contributed by atoms with Crippen molar-refractivity contribution in [1.82, 2.24) is 0 Å². The molecule has 0 spiro atoms. The molecule has 0 bridgehead atoms. The molecule has 0 saturated carbocycles. The molecule has 7 heteroatoms. The number of para-hydroxylation sites is 1. The van der Waals surface area contributed by atoms with Crippen molar-refractivity contribution in [3.05, 3.63) is 103 Å². The number of carbonyl (C=O) groups is 2. The molecule has 0 saturated heterocycles. The predicted octanol–water partition coefficient (Wildman–Crippen LogP) is 5.70. The van der Waals surface area contributed by atoms with Crippen LogP contribution in [-0.2, 0) is 4.79 Å². The molecular formula is C25H20N2O4S. The lowest BCUT2D eigenvalue weighted by Crippen LogP contribution is -2.20. The molecule has 1 heterocycles. The third-order valence-electron chi connectivity index (χ3n) is 4.36. The van der Waals surface area contributed by atoms with Crippen molar-refractivity contribution in [2.45, 2.75) is 9.79 Å². The van der Waals surface area contributed by atoms with Gasteiger partial charge in [0.2, 0.25) is 0 Å². The summed E-state index contributed by atoms with van der Waals surface area (Å²) in [5, 5.41) is 5.63. The average molecular weight is 445 g/mol. The van der Waals surface area contributed by atoms with Crippen LogP contribution in [0.4, 0.5) is 11.4 Å². The van der Waals surface area contributed by atoms with Gasteiger partial charge in [-0.15, -0.1) is 0 Å². The van der Waals surface area contributed by atoms with Crippen molar-refractivity contribution >= 4 is 35.0 Å². The molecular weight excluding hydrogens is 424 g/mol. The summed E-state index contributed by atoms with van der Waals surface area (Å²) in [4.78, 5) is 26.5. The quantitative estimate of drug-likeness (QED) is 0.364. The number of carbonyl (C=O) groups excluding carboxylic acids is 2. The van der Waals surface area contributed by atoms with Crippen molar-refractivity contribution in [2.75, 3.05) is 17.2 Å². The van der Waals surface area contributed by atoms with Gasteiger partial charge in [0.05, 0.1) is 12.0 Å². The highest BCUT2D eigenvalue weighted by molar-refractivity contribution is 7.99. The van der Waals surface area contributed by atoms with E-state index in [4.69, 9.17) is 9.15 Å². The fourth-order valence-electron chi connectivity index (χ4n) is 2.84. The minimum atomic E-state index is -0.338. The Labute approximate surface area is 189 Å². The summed E-state index contributed by atoms with van der Waals surface area (Å²) >= 11 is 1.58. The van der Waals surface area contributed by atoms with E-state index in [-0.39, 0.29) is 24.2 Å². The smallest absolute Gasteiger partial charge is 0.291 e. The normalized spacial score (nSPS) is 10.4. The van der Waals surface area contributed by atoms with Crippen LogP contribution in [0.25, 0.3) is 0 Å². The first-order chi connectivity index (χ1) is 15.7. The summed E-state index contributed by atoms with van der Waals surface area (Å²) in [5.41, 5.74) is 1.32. The maximum atomic E-state index is 12.4. The highest BCUT2D eigenvalue weighted by Gasteiger charge is 2.10. The fraction of sp³-hybridized carbons (Fsp3) is 0.0400. The number of hydrogen-bond acceptors (Lipinski definition) is 5. The number of furan rings is 1. The van der Waals surface area contributed by atoms with Gasteiger partial charge in [-0.3, -0.25) is 9.59 Å². The van der Waals surface area contributed by atoms with E-state index in [9.17, 15) is 9.59 Å². The van der Waals surface area contributed by atoms with Crippen LogP contribution in [0.3, 0.4) is 0 Å². The van der Waals surface area contributed by atoms with Gasteiger partial charge < -0.3 is 19.8 Å². The van der Waals surface area contributed by atoms with Gasteiger partial charge in [-0.05, 0) is 60.7 Å². The van der Waals surface area contributed by atoms with Crippen LogP contribution in [0, 0.1) is 0 Å². The molecule has 0 radical (unpaired) electrons. The van der Waals surface area contributed by atoms with Gasteiger partial charge in [-0.1, -0.05) is 42.1 Å². The monoisotopic (exact) mass is 444 g/mol. The lowest BCUT2D eigenvalue weighted by atomic mass is 10.3. The number of anilines is 2. The second-order valence-electron chi connectivity index (χ2n) is 6.70. The minimum Gasteiger partial charge on any atom is -0.484 e. The van der Waals surface area contributed by atoms with E-state index in [0.717, 1.165) is 15.5 Å². The van der Waals surface area contributed by atoms with Gasteiger partial charge in [0.15, 0.2) is 12.4 Å². The molecule has 1 aromatic heterocycles. The molecule has 6 nitrogen and oxygen atoms in total. The lowest BCUT2D eigenvalue weighted by Gasteiger charge is -2.12. The van der Waals surface area contributed by atoms with Crippen LogP contribution in [0.2, 0.25) is 0 Å². The summed E-state index contributed by atoms with van der Waals surface area (Å²) < 4.78 is 10.6. The Morgan fingerprint density at radius 3 is 2.31 bits per heavy atom. The second kappa shape index (κ2) is 10.4. The van der Waals surface area contributed by atoms with E-state index < -0.39 is 0 Å². The summed E-state index contributed by atoms with van der Waals surface area (Å²) in [5.74, 6) is 0.146. The van der Waals surface area contributed by atoms with E-state index in [0.29, 0.717) is 11.4 Å². The van der Waals surface area contributed by atoms with E-state index >= 15 is 0 Å². The Hall–Kier alpha value is -3.97. The molecule has 2 amide bonds. The first kappa shape index (κ1) is 21.3. The summed E-state index contributed by atoms with van der Waals surface area (Å²) in [6.07, 6.45) is 1.44. The molecule has 4 rings (SSSR count). The summed E-state index contributed by atoms with van der Waals surface area (Å²) in [6, 6.07) is 27.6. The zero-order valence-corrected chi connectivity index (χ0v) is 17.8. The molecule has 32 heavy (non-hydrogen) atoms. The van der Waals surface area contributed by atoms with E-state index in [1.807, 2.05) is 54.6 Å². The van der Waals surface area contributed by atoms with Crippen molar-refractivity contribution < 1.29 is 18.7 Å². The Morgan fingerprint density at radius 2 is 1.56 bits per heavy atom. The third-order valence-corrected chi connectivity index (χ3v) is 5.44. The Morgan fingerprint density at radius 1 is 0.812 bits per heavy atom. The van der Waals surface area contributed by atoms with Crippen molar-refractivity contribution in [2.24, 2.45) is 0 Å². The molecule has 4 aromatic rings. The van der Waals surface area contributed by atoms with Crippen LogP contribution >= 0.6 is 11.8 Å². The van der Waals surface area contributed by atoms with Gasteiger partial charge in [-0.25, -0.2) is 0 Å². The molecule has 0 atom stereocenters. The average Bonchev–Trinajstić information content (AvgIpc) is 3.36. The van der Waals surface area contributed by atoms with Crippen LogP contribution in [0.5, 0.6) is 5.75 Å². The first-order valence-corrected chi connectivity index (χ1v) is 10.7. The number of ether oxygens (including phenoxy) is 1. The van der Waals surface area contributed by atoms with Gasteiger partial charge in [0.25, 0.3) is 11.8 Å². The number of rotatable bonds is 8. The molecule has 160 valence electrons. The van der Waals surface area contributed by atoms with Gasteiger partial charge >= 0.3 is 0 Å².